The average Bonchev–Trinajstić information content (AvgIpc) is 3.32. The van der Waals surface area contributed by atoms with Crippen molar-refractivity contribution in [3.8, 4) is 0 Å². The number of furan rings is 1. The Balaban J connectivity index is 1.39. The maximum Gasteiger partial charge on any atom is 0.313 e. The van der Waals surface area contributed by atoms with E-state index in [1.54, 1.807) is 41.3 Å². The van der Waals surface area contributed by atoms with E-state index >= 15 is 0 Å². The number of nitrogens with zero attached hydrogens (tertiary/aromatic N) is 4. The van der Waals surface area contributed by atoms with E-state index in [1.165, 1.54) is 6.26 Å². The van der Waals surface area contributed by atoms with Crippen LogP contribution >= 0.6 is 0 Å². The highest BCUT2D eigenvalue weighted by molar-refractivity contribution is 5.86. The summed E-state index contributed by atoms with van der Waals surface area (Å²) in [6, 6.07) is 10.3. The van der Waals surface area contributed by atoms with Gasteiger partial charge in [0, 0.05) is 13.0 Å². The lowest BCUT2D eigenvalue weighted by Gasteiger charge is -2.14. The molecule has 2 aromatic heterocycles. The monoisotopic (exact) mass is 368 g/mol. The smallest absolute Gasteiger partial charge is 0.313 e. The van der Waals surface area contributed by atoms with Gasteiger partial charge in [-0.15, -0.1) is 5.10 Å². The standard InChI is InChI=1S/C18H16N4O5/c23-16-8-12(9-21(16)10-13-4-3-7-26-13)18(25)27-11-22-17(24)14-5-1-2-6-15(14)19-20-22/h1-7,12H,8-11H2/t12-/m1/s1. The predicted molar refractivity (Wildman–Crippen MR) is 92.1 cm³/mol. The summed E-state index contributed by atoms with van der Waals surface area (Å²) >= 11 is 0. The number of ether oxygens (including phenoxy) is 1. The molecule has 1 aromatic carbocycles. The number of likely N-dealkylation sites (tertiary alicyclic amines) is 1. The zero-order chi connectivity index (χ0) is 18.8. The second-order valence-electron chi connectivity index (χ2n) is 6.26. The SMILES string of the molecule is O=C(OCn1nnc2ccccc2c1=O)[C@@H]1CC(=O)N(Cc2ccco2)C1. The number of hydrogen-bond acceptors (Lipinski definition) is 7. The lowest BCUT2D eigenvalue weighted by molar-refractivity contribution is -0.152. The number of hydrogen-bond donors (Lipinski definition) is 0. The molecule has 0 radical (unpaired) electrons. The first kappa shape index (κ1) is 17.0. The number of amides is 1. The van der Waals surface area contributed by atoms with E-state index in [1.807, 2.05) is 0 Å². The molecule has 0 unspecified atom stereocenters. The molecule has 0 spiro atoms. The number of aromatic nitrogens is 3. The third-order valence-corrected chi connectivity index (χ3v) is 4.43. The fourth-order valence-corrected chi connectivity index (χ4v) is 3.02. The Hall–Kier alpha value is -3.49. The summed E-state index contributed by atoms with van der Waals surface area (Å²) in [5.41, 5.74) is 0.0791. The molecule has 1 aliphatic heterocycles. The maximum atomic E-state index is 12.3. The van der Waals surface area contributed by atoms with E-state index in [4.69, 9.17) is 9.15 Å². The average molecular weight is 368 g/mol. The number of benzene rings is 1. The number of fused-ring (bicyclic) bond motifs is 1. The summed E-state index contributed by atoms with van der Waals surface area (Å²) in [5.74, 6) is -0.630. The molecule has 9 heteroatoms. The Morgan fingerprint density at radius 1 is 1.22 bits per heavy atom. The molecule has 138 valence electrons. The minimum Gasteiger partial charge on any atom is -0.467 e. The van der Waals surface area contributed by atoms with Crippen molar-refractivity contribution in [2.45, 2.75) is 19.7 Å². The molecule has 0 bridgehead atoms. The van der Waals surface area contributed by atoms with Crippen molar-refractivity contribution >= 4 is 22.8 Å². The largest absolute Gasteiger partial charge is 0.467 e. The fraction of sp³-hybridized carbons (Fsp3) is 0.278. The van der Waals surface area contributed by atoms with E-state index in [0.717, 1.165) is 4.68 Å². The second kappa shape index (κ2) is 7.02. The molecule has 0 aliphatic carbocycles. The van der Waals surface area contributed by atoms with Gasteiger partial charge in [-0.3, -0.25) is 14.4 Å². The highest BCUT2D eigenvalue weighted by Gasteiger charge is 2.35. The second-order valence-corrected chi connectivity index (χ2v) is 6.26. The van der Waals surface area contributed by atoms with Gasteiger partial charge in [-0.1, -0.05) is 17.3 Å². The molecule has 3 heterocycles. The first-order valence-electron chi connectivity index (χ1n) is 8.41. The van der Waals surface area contributed by atoms with E-state index in [0.29, 0.717) is 23.2 Å². The third kappa shape index (κ3) is 3.43. The summed E-state index contributed by atoms with van der Waals surface area (Å²) in [4.78, 5) is 38.3. The van der Waals surface area contributed by atoms with Gasteiger partial charge >= 0.3 is 5.97 Å². The van der Waals surface area contributed by atoms with Crippen LogP contribution < -0.4 is 5.56 Å². The predicted octanol–water partition coefficient (Wildman–Crippen LogP) is 0.934. The zero-order valence-electron chi connectivity index (χ0n) is 14.3. The van der Waals surface area contributed by atoms with Crippen molar-refractivity contribution in [2.24, 2.45) is 5.92 Å². The number of esters is 1. The summed E-state index contributed by atoms with van der Waals surface area (Å²) < 4.78 is 11.4. The molecule has 3 aromatic rings. The number of rotatable bonds is 5. The van der Waals surface area contributed by atoms with E-state index in [2.05, 4.69) is 10.3 Å². The Morgan fingerprint density at radius 2 is 2.07 bits per heavy atom. The first-order valence-corrected chi connectivity index (χ1v) is 8.41. The van der Waals surface area contributed by atoms with Gasteiger partial charge in [0.2, 0.25) is 5.91 Å². The summed E-state index contributed by atoms with van der Waals surface area (Å²) in [6.07, 6.45) is 1.60. The van der Waals surface area contributed by atoms with Gasteiger partial charge in [0.1, 0.15) is 11.3 Å². The topological polar surface area (TPSA) is 108 Å². The molecule has 1 fully saturated rings. The lowest BCUT2D eigenvalue weighted by atomic mass is 10.1. The van der Waals surface area contributed by atoms with Crippen molar-refractivity contribution in [3.63, 3.8) is 0 Å². The highest BCUT2D eigenvalue weighted by Crippen LogP contribution is 2.21. The molecule has 1 aliphatic rings. The van der Waals surface area contributed by atoms with Crippen molar-refractivity contribution in [3.05, 3.63) is 58.8 Å². The quantitative estimate of drug-likeness (QED) is 0.617. The summed E-state index contributed by atoms with van der Waals surface area (Å²) in [6.45, 7) is 0.209. The van der Waals surface area contributed by atoms with Gasteiger partial charge in [0.05, 0.1) is 24.1 Å². The van der Waals surface area contributed by atoms with Crippen LogP contribution in [-0.2, 0) is 27.6 Å². The summed E-state index contributed by atoms with van der Waals surface area (Å²) in [7, 11) is 0. The lowest BCUT2D eigenvalue weighted by Crippen LogP contribution is -2.29. The van der Waals surface area contributed by atoms with Crippen LogP contribution in [-0.4, -0.2) is 38.3 Å². The molecule has 4 rings (SSSR count). The molecule has 1 saturated heterocycles. The van der Waals surface area contributed by atoms with Crippen LogP contribution in [0.1, 0.15) is 12.2 Å². The molecular weight excluding hydrogens is 352 g/mol. The van der Waals surface area contributed by atoms with Crippen LogP contribution in [0.5, 0.6) is 0 Å². The number of carbonyl (C=O) groups is 2. The Bertz CT molecular complexity index is 1040. The van der Waals surface area contributed by atoms with Crippen LogP contribution in [0.25, 0.3) is 10.9 Å². The van der Waals surface area contributed by atoms with Crippen molar-refractivity contribution in [1.29, 1.82) is 0 Å². The van der Waals surface area contributed by atoms with Crippen LogP contribution in [0, 0.1) is 5.92 Å². The van der Waals surface area contributed by atoms with Crippen molar-refractivity contribution < 1.29 is 18.7 Å². The minimum absolute atomic E-state index is 0.0673. The Morgan fingerprint density at radius 3 is 2.89 bits per heavy atom. The molecule has 1 atom stereocenters. The van der Waals surface area contributed by atoms with Gasteiger partial charge in [-0.25, -0.2) is 0 Å². The Labute approximate surface area is 153 Å². The minimum atomic E-state index is -0.587. The van der Waals surface area contributed by atoms with Gasteiger partial charge in [-0.05, 0) is 24.3 Å². The zero-order valence-corrected chi connectivity index (χ0v) is 14.3. The van der Waals surface area contributed by atoms with Gasteiger partial charge < -0.3 is 14.1 Å². The van der Waals surface area contributed by atoms with E-state index in [-0.39, 0.29) is 25.6 Å². The normalized spacial score (nSPS) is 16.8. The highest BCUT2D eigenvalue weighted by atomic mass is 16.5. The molecule has 0 N–H and O–H groups in total. The first-order chi connectivity index (χ1) is 13.1. The molecule has 27 heavy (non-hydrogen) atoms. The van der Waals surface area contributed by atoms with E-state index in [9.17, 15) is 14.4 Å². The van der Waals surface area contributed by atoms with Crippen LogP contribution in [0.2, 0.25) is 0 Å². The summed E-state index contributed by atoms with van der Waals surface area (Å²) in [5, 5.41) is 8.10. The molecular formula is C18H16N4O5. The number of carbonyl (C=O) groups excluding carboxylic acids is 2. The van der Waals surface area contributed by atoms with Gasteiger partial charge in [-0.2, -0.15) is 4.68 Å². The van der Waals surface area contributed by atoms with Crippen molar-refractivity contribution in [1.82, 2.24) is 19.9 Å². The van der Waals surface area contributed by atoms with Crippen LogP contribution in [0.4, 0.5) is 0 Å². The van der Waals surface area contributed by atoms with Crippen LogP contribution in [0.3, 0.4) is 0 Å². The maximum absolute atomic E-state index is 12.3. The van der Waals surface area contributed by atoms with Gasteiger partial charge in [0.25, 0.3) is 5.56 Å². The molecule has 0 saturated carbocycles. The fourth-order valence-electron chi connectivity index (χ4n) is 3.02. The molecule has 9 nitrogen and oxygen atoms in total. The van der Waals surface area contributed by atoms with E-state index < -0.39 is 17.4 Å². The van der Waals surface area contributed by atoms with Gasteiger partial charge in [0.15, 0.2) is 6.73 Å². The van der Waals surface area contributed by atoms with Crippen LogP contribution in [0.15, 0.2) is 51.9 Å². The Kier molecular flexibility index (Phi) is 4.41. The third-order valence-electron chi connectivity index (χ3n) is 4.43. The van der Waals surface area contributed by atoms with Crippen molar-refractivity contribution in [2.75, 3.05) is 6.54 Å². The molecule has 1 amide bonds.